The molecular formula is C14H17N5. The van der Waals surface area contributed by atoms with E-state index in [0.29, 0.717) is 0 Å². The number of aromatic nitrogens is 4. The van der Waals surface area contributed by atoms with E-state index in [4.69, 9.17) is 0 Å². The molecule has 3 aromatic rings. The van der Waals surface area contributed by atoms with E-state index in [2.05, 4.69) is 34.0 Å². The fourth-order valence-corrected chi connectivity index (χ4v) is 2.47. The molecular weight excluding hydrogens is 238 g/mol. The molecule has 98 valence electrons. The molecule has 0 saturated heterocycles. The Balaban J connectivity index is 2.39. The first-order valence-corrected chi connectivity index (χ1v) is 6.62. The molecule has 0 spiro atoms. The van der Waals surface area contributed by atoms with Crippen LogP contribution in [0.3, 0.4) is 0 Å². The molecule has 5 nitrogen and oxygen atoms in total. The topological polar surface area (TPSA) is 46.3 Å². The molecule has 0 radical (unpaired) electrons. The van der Waals surface area contributed by atoms with E-state index < -0.39 is 0 Å². The van der Waals surface area contributed by atoms with Gasteiger partial charge in [0, 0.05) is 18.5 Å². The lowest BCUT2D eigenvalue weighted by atomic mass is 10.2. The van der Waals surface area contributed by atoms with Crippen LogP contribution in [0.15, 0.2) is 24.3 Å². The van der Waals surface area contributed by atoms with Crippen molar-refractivity contribution in [1.29, 1.82) is 0 Å². The van der Waals surface area contributed by atoms with E-state index in [0.717, 1.165) is 41.2 Å². The molecule has 19 heavy (non-hydrogen) atoms. The minimum atomic E-state index is 0.822. The van der Waals surface area contributed by atoms with Crippen molar-refractivity contribution >= 4 is 22.4 Å². The van der Waals surface area contributed by atoms with E-state index in [9.17, 15) is 0 Å². The molecule has 0 atom stereocenters. The molecule has 3 rings (SSSR count). The average molecular weight is 255 g/mol. The van der Waals surface area contributed by atoms with E-state index in [1.165, 1.54) is 0 Å². The SMILES string of the molecule is CCN(CC)c1c(C)nnc2c3ccccc3nn12. The molecule has 1 aromatic carbocycles. The Labute approximate surface area is 111 Å². The summed E-state index contributed by atoms with van der Waals surface area (Å²) >= 11 is 0. The molecule has 0 bridgehead atoms. The Hall–Kier alpha value is -2.17. The summed E-state index contributed by atoms with van der Waals surface area (Å²) in [6, 6.07) is 8.04. The van der Waals surface area contributed by atoms with Gasteiger partial charge < -0.3 is 4.90 Å². The van der Waals surface area contributed by atoms with Crippen molar-refractivity contribution in [1.82, 2.24) is 19.8 Å². The van der Waals surface area contributed by atoms with Crippen molar-refractivity contribution in [2.24, 2.45) is 0 Å². The van der Waals surface area contributed by atoms with Gasteiger partial charge in [-0.3, -0.25) is 0 Å². The smallest absolute Gasteiger partial charge is 0.187 e. The Bertz CT molecular complexity index is 727. The summed E-state index contributed by atoms with van der Waals surface area (Å²) in [5.74, 6) is 1.03. The second-order valence-electron chi connectivity index (χ2n) is 4.53. The molecule has 2 aromatic heterocycles. The van der Waals surface area contributed by atoms with Gasteiger partial charge in [0.1, 0.15) is 5.69 Å². The Morgan fingerprint density at radius 2 is 1.84 bits per heavy atom. The molecule has 5 heteroatoms. The number of nitrogens with zero attached hydrogens (tertiary/aromatic N) is 5. The summed E-state index contributed by atoms with van der Waals surface area (Å²) in [4.78, 5) is 2.25. The second-order valence-corrected chi connectivity index (χ2v) is 4.53. The maximum atomic E-state index is 4.67. The summed E-state index contributed by atoms with van der Waals surface area (Å²) in [6.45, 7) is 8.10. The van der Waals surface area contributed by atoms with Gasteiger partial charge >= 0.3 is 0 Å². The maximum absolute atomic E-state index is 4.67. The minimum absolute atomic E-state index is 0.822. The number of benzene rings is 1. The average Bonchev–Trinajstić information content (AvgIpc) is 2.81. The lowest BCUT2D eigenvalue weighted by molar-refractivity contribution is 0.773. The van der Waals surface area contributed by atoms with Gasteiger partial charge in [0.05, 0.1) is 5.52 Å². The predicted octanol–water partition coefficient (Wildman–Crippen LogP) is 2.43. The molecule has 0 unspecified atom stereocenters. The van der Waals surface area contributed by atoms with Crippen LogP contribution < -0.4 is 4.90 Å². The number of hydrogen-bond acceptors (Lipinski definition) is 4. The molecule has 0 aliphatic carbocycles. The van der Waals surface area contributed by atoms with Gasteiger partial charge in [0.25, 0.3) is 0 Å². The first-order chi connectivity index (χ1) is 9.26. The number of aryl methyl sites for hydroxylation is 1. The van der Waals surface area contributed by atoms with Crippen LogP contribution in [-0.4, -0.2) is 32.9 Å². The number of fused-ring (bicyclic) bond motifs is 3. The largest absolute Gasteiger partial charge is 0.355 e. The quantitative estimate of drug-likeness (QED) is 0.721. The lowest BCUT2D eigenvalue weighted by Gasteiger charge is -2.22. The Morgan fingerprint density at radius 1 is 1.11 bits per heavy atom. The van der Waals surface area contributed by atoms with E-state index in [1.807, 2.05) is 35.7 Å². The van der Waals surface area contributed by atoms with Gasteiger partial charge in [-0.15, -0.1) is 10.2 Å². The molecule has 0 aliphatic rings. The van der Waals surface area contributed by atoms with Crippen molar-refractivity contribution in [2.45, 2.75) is 20.8 Å². The normalized spacial score (nSPS) is 11.3. The van der Waals surface area contributed by atoms with Gasteiger partial charge in [-0.25, -0.2) is 0 Å². The third-order valence-corrected chi connectivity index (χ3v) is 3.44. The fourth-order valence-electron chi connectivity index (χ4n) is 2.47. The third kappa shape index (κ3) is 1.73. The molecule has 2 heterocycles. The number of hydrogen-bond donors (Lipinski definition) is 0. The summed E-state index contributed by atoms with van der Waals surface area (Å²) in [6.07, 6.45) is 0. The molecule has 0 fully saturated rings. The first kappa shape index (κ1) is 11.9. The van der Waals surface area contributed by atoms with Crippen molar-refractivity contribution in [2.75, 3.05) is 18.0 Å². The van der Waals surface area contributed by atoms with Crippen LogP contribution in [0.4, 0.5) is 5.82 Å². The van der Waals surface area contributed by atoms with Crippen LogP contribution in [0.25, 0.3) is 16.6 Å². The van der Waals surface area contributed by atoms with E-state index in [1.54, 1.807) is 0 Å². The van der Waals surface area contributed by atoms with Gasteiger partial charge in [-0.1, -0.05) is 12.1 Å². The van der Waals surface area contributed by atoms with Gasteiger partial charge in [-0.2, -0.15) is 9.61 Å². The zero-order valence-electron chi connectivity index (χ0n) is 11.5. The van der Waals surface area contributed by atoms with Crippen molar-refractivity contribution in [3.63, 3.8) is 0 Å². The summed E-state index contributed by atoms with van der Waals surface area (Å²) in [5, 5.41) is 14.3. The standard InChI is InChI=1S/C14H17N5/c1-4-18(5-2)14-10(3)15-16-13-11-8-6-7-9-12(11)17-19(13)14/h6-9H,4-5H2,1-3H3. The predicted molar refractivity (Wildman–Crippen MR) is 76.6 cm³/mol. The Kier molecular flexibility index (Phi) is 2.81. The molecule has 0 amide bonds. The monoisotopic (exact) mass is 255 g/mol. The molecule has 0 N–H and O–H groups in total. The highest BCUT2D eigenvalue weighted by Gasteiger charge is 2.16. The zero-order valence-corrected chi connectivity index (χ0v) is 11.5. The first-order valence-electron chi connectivity index (χ1n) is 6.62. The zero-order chi connectivity index (χ0) is 13.4. The van der Waals surface area contributed by atoms with Crippen LogP contribution >= 0.6 is 0 Å². The van der Waals surface area contributed by atoms with E-state index in [-0.39, 0.29) is 0 Å². The number of rotatable bonds is 3. The highest BCUT2D eigenvalue weighted by atomic mass is 15.4. The molecule has 0 aliphatic heterocycles. The van der Waals surface area contributed by atoms with Crippen LogP contribution in [0.5, 0.6) is 0 Å². The van der Waals surface area contributed by atoms with Crippen LogP contribution in [-0.2, 0) is 0 Å². The summed E-state index contributed by atoms with van der Waals surface area (Å²) in [7, 11) is 0. The van der Waals surface area contributed by atoms with Crippen LogP contribution in [0.1, 0.15) is 19.5 Å². The molecule has 0 saturated carbocycles. The lowest BCUT2D eigenvalue weighted by Crippen LogP contribution is -2.26. The van der Waals surface area contributed by atoms with Crippen LogP contribution in [0, 0.1) is 6.92 Å². The highest BCUT2D eigenvalue weighted by Crippen LogP contribution is 2.23. The fraction of sp³-hybridized carbons (Fsp3) is 0.357. The van der Waals surface area contributed by atoms with E-state index >= 15 is 0 Å². The highest BCUT2D eigenvalue weighted by molar-refractivity contribution is 5.92. The van der Waals surface area contributed by atoms with Crippen molar-refractivity contribution in [3.05, 3.63) is 30.0 Å². The second kappa shape index (κ2) is 4.50. The third-order valence-electron chi connectivity index (χ3n) is 3.44. The number of anilines is 1. The maximum Gasteiger partial charge on any atom is 0.187 e. The Morgan fingerprint density at radius 3 is 2.58 bits per heavy atom. The minimum Gasteiger partial charge on any atom is -0.355 e. The van der Waals surface area contributed by atoms with Crippen molar-refractivity contribution in [3.8, 4) is 0 Å². The van der Waals surface area contributed by atoms with Crippen molar-refractivity contribution < 1.29 is 0 Å². The van der Waals surface area contributed by atoms with Gasteiger partial charge in [0.2, 0.25) is 0 Å². The summed E-state index contributed by atoms with van der Waals surface area (Å²) in [5.41, 5.74) is 2.68. The van der Waals surface area contributed by atoms with Gasteiger partial charge in [0.15, 0.2) is 11.5 Å². The summed E-state index contributed by atoms with van der Waals surface area (Å²) < 4.78 is 1.92. The van der Waals surface area contributed by atoms with Crippen LogP contribution in [0.2, 0.25) is 0 Å². The van der Waals surface area contributed by atoms with Gasteiger partial charge in [-0.05, 0) is 32.9 Å².